The molecule has 0 bridgehead atoms. The fourth-order valence-corrected chi connectivity index (χ4v) is 2.54. The van der Waals surface area contributed by atoms with E-state index in [1.807, 2.05) is 48.5 Å². The van der Waals surface area contributed by atoms with Gasteiger partial charge in [0.15, 0.2) is 0 Å². The van der Waals surface area contributed by atoms with Crippen LogP contribution in [0.2, 0.25) is 0 Å². The van der Waals surface area contributed by atoms with Crippen LogP contribution >= 0.6 is 0 Å². The van der Waals surface area contributed by atoms with Crippen LogP contribution < -0.4 is 15.5 Å². The number of nitrogens with one attached hydrogen (secondary N) is 1. The van der Waals surface area contributed by atoms with Crippen molar-refractivity contribution < 1.29 is 14.0 Å². The normalized spacial score (nSPS) is 18.5. The van der Waals surface area contributed by atoms with Gasteiger partial charge < -0.3 is 19.4 Å². The van der Waals surface area contributed by atoms with Gasteiger partial charge in [0.05, 0.1) is 18.3 Å². The summed E-state index contributed by atoms with van der Waals surface area (Å²) in [4.78, 5) is 0. The quantitative estimate of drug-likeness (QED) is 0.870. The molecule has 0 aliphatic carbocycles. The molecule has 126 valence electrons. The number of ether oxygens (including phenoxy) is 1. The number of hydrogen-bond donors (Lipinski definition) is 1. The molecule has 0 spiro atoms. The van der Waals surface area contributed by atoms with E-state index in [4.69, 9.17) is 14.0 Å². The second kappa shape index (κ2) is 6.15. The van der Waals surface area contributed by atoms with Crippen LogP contribution in [0.4, 0.5) is 11.4 Å². The van der Waals surface area contributed by atoms with Gasteiger partial charge in [0, 0.05) is 11.4 Å². The van der Waals surface area contributed by atoms with Crippen molar-refractivity contribution in [3.05, 3.63) is 48.5 Å². The average molecular weight is 325 g/mol. The molecule has 2 aromatic rings. The minimum absolute atomic E-state index is 0.322. The summed E-state index contributed by atoms with van der Waals surface area (Å²) in [5.74, 6) is 0.844. The zero-order valence-electron chi connectivity index (χ0n) is 14.9. The molecule has 0 unspecified atom stereocenters. The van der Waals surface area contributed by atoms with E-state index < -0.39 is 0 Å². The highest BCUT2D eigenvalue weighted by molar-refractivity contribution is 6.62. The van der Waals surface area contributed by atoms with E-state index in [2.05, 4.69) is 33.0 Å². The SMILES string of the molecule is COc1ccc(Nc2ccc(B3OC(C)(C)C(C)(C)O3)cc2)cc1. The minimum Gasteiger partial charge on any atom is -0.497 e. The van der Waals surface area contributed by atoms with Crippen molar-refractivity contribution in [2.45, 2.75) is 38.9 Å². The van der Waals surface area contributed by atoms with Crippen molar-refractivity contribution in [1.29, 1.82) is 0 Å². The molecule has 2 aromatic carbocycles. The van der Waals surface area contributed by atoms with Gasteiger partial charge in [0.25, 0.3) is 0 Å². The molecule has 1 heterocycles. The molecular formula is C19H24BNO3. The molecule has 0 aromatic heterocycles. The van der Waals surface area contributed by atoms with E-state index in [0.29, 0.717) is 0 Å². The maximum Gasteiger partial charge on any atom is 0.494 e. The minimum atomic E-state index is -0.329. The van der Waals surface area contributed by atoms with Gasteiger partial charge in [0.2, 0.25) is 0 Å². The maximum absolute atomic E-state index is 6.08. The molecule has 5 heteroatoms. The standard InChI is InChI=1S/C19H24BNO3/c1-18(2)19(3,4)24-20(23-18)14-6-8-15(9-7-14)21-16-10-12-17(22-5)13-11-16/h6-13,21H,1-5H3. The van der Waals surface area contributed by atoms with Crippen LogP contribution in [0.1, 0.15) is 27.7 Å². The Bertz CT molecular complexity index is 680. The van der Waals surface area contributed by atoms with E-state index in [0.717, 1.165) is 22.6 Å². The van der Waals surface area contributed by atoms with E-state index in [1.54, 1.807) is 7.11 Å². The highest BCUT2D eigenvalue weighted by Crippen LogP contribution is 2.36. The molecule has 1 aliphatic heterocycles. The van der Waals surface area contributed by atoms with Gasteiger partial charge in [-0.05, 0) is 69.6 Å². The van der Waals surface area contributed by atoms with Crippen molar-refractivity contribution in [2.75, 3.05) is 12.4 Å². The molecule has 0 saturated carbocycles. The first-order valence-corrected chi connectivity index (χ1v) is 8.17. The van der Waals surface area contributed by atoms with Crippen LogP contribution in [0.3, 0.4) is 0 Å². The summed E-state index contributed by atoms with van der Waals surface area (Å²) in [5, 5.41) is 3.37. The number of hydrogen-bond acceptors (Lipinski definition) is 4. The summed E-state index contributed by atoms with van der Waals surface area (Å²) in [6.45, 7) is 8.25. The van der Waals surface area contributed by atoms with E-state index in [1.165, 1.54) is 0 Å². The third-order valence-electron chi connectivity index (χ3n) is 4.81. The van der Waals surface area contributed by atoms with Gasteiger partial charge in [-0.3, -0.25) is 0 Å². The molecule has 3 rings (SSSR count). The predicted molar refractivity (Wildman–Crippen MR) is 98.4 cm³/mol. The van der Waals surface area contributed by atoms with Gasteiger partial charge in [0.1, 0.15) is 5.75 Å². The Labute approximate surface area is 144 Å². The third-order valence-corrected chi connectivity index (χ3v) is 4.81. The Morgan fingerprint density at radius 3 is 1.71 bits per heavy atom. The molecular weight excluding hydrogens is 301 g/mol. The van der Waals surface area contributed by atoms with E-state index >= 15 is 0 Å². The summed E-state index contributed by atoms with van der Waals surface area (Å²) in [6, 6.07) is 16.0. The monoisotopic (exact) mass is 325 g/mol. The van der Waals surface area contributed by atoms with Crippen LogP contribution in [-0.4, -0.2) is 25.4 Å². The Morgan fingerprint density at radius 1 is 0.792 bits per heavy atom. The van der Waals surface area contributed by atoms with Crippen LogP contribution in [-0.2, 0) is 9.31 Å². The van der Waals surface area contributed by atoms with Crippen molar-refractivity contribution in [1.82, 2.24) is 0 Å². The summed E-state index contributed by atoms with van der Waals surface area (Å²) < 4.78 is 17.3. The number of benzene rings is 2. The zero-order chi connectivity index (χ0) is 17.4. The number of methoxy groups -OCH3 is 1. The van der Waals surface area contributed by atoms with Gasteiger partial charge in [-0.2, -0.15) is 0 Å². The number of rotatable bonds is 4. The van der Waals surface area contributed by atoms with E-state index in [9.17, 15) is 0 Å². The van der Waals surface area contributed by atoms with Gasteiger partial charge in [-0.25, -0.2) is 0 Å². The lowest BCUT2D eigenvalue weighted by Crippen LogP contribution is -2.41. The van der Waals surface area contributed by atoms with Gasteiger partial charge >= 0.3 is 7.12 Å². The molecule has 1 saturated heterocycles. The lowest BCUT2D eigenvalue weighted by Gasteiger charge is -2.32. The first kappa shape index (κ1) is 16.9. The molecule has 0 amide bonds. The van der Waals surface area contributed by atoms with Crippen molar-refractivity contribution in [3.63, 3.8) is 0 Å². The summed E-state index contributed by atoms with van der Waals surface area (Å²) in [5.41, 5.74) is 2.41. The molecule has 1 N–H and O–H groups in total. The lowest BCUT2D eigenvalue weighted by molar-refractivity contribution is 0.00578. The molecule has 4 nitrogen and oxygen atoms in total. The van der Waals surface area contributed by atoms with Crippen LogP contribution in [0, 0.1) is 0 Å². The van der Waals surface area contributed by atoms with Gasteiger partial charge in [-0.15, -0.1) is 0 Å². The Balaban J connectivity index is 1.69. The zero-order valence-corrected chi connectivity index (χ0v) is 14.9. The predicted octanol–water partition coefficient (Wildman–Crippen LogP) is 3.74. The van der Waals surface area contributed by atoms with Crippen LogP contribution in [0.5, 0.6) is 5.75 Å². The Hall–Kier alpha value is -1.98. The second-order valence-electron chi connectivity index (χ2n) is 7.06. The van der Waals surface area contributed by atoms with Crippen molar-refractivity contribution in [2.24, 2.45) is 0 Å². The fraction of sp³-hybridized carbons (Fsp3) is 0.368. The van der Waals surface area contributed by atoms with E-state index in [-0.39, 0.29) is 18.3 Å². The van der Waals surface area contributed by atoms with Crippen molar-refractivity contribution in [3.8, 4) is 5.75 Å². The summed E-state index contributed by atoms with van der Waals surface area (Å²) in [6.07, 6.45) is 0. The third kappa shape index (κ3) is 3.28. The van der Waals surface area contributed by atoms with Gasteiger partial charge in [-0.1, -0.05) is 12.1 Å². The van der Waals surface area contributed by atoms with Crippen LogP contribution in [0.25, 0.3) is 0 Å². The Kier molecular flexibility index (Phi) is 4.32. The smallest absolute Gasteiger partial charge is 0.494 e. The average Bonchev–Trinajstić information content (AvgIpc) is 2.77. The largest absolute Gasteiger partial charge is 0.497 e. The topological polar surface area (TPSA) is 39.7 Å². The number of anilines is 2. The molecule has 0 atom stereocenters. The fourth-order valence-electron chi connectivity index (χ4n) is 2.54. The molecule has 1 aliphatic rings. The maximum atomic E-state index is 6.08. The van der Waals surface area contributed by atoms with Crippen LogP contribution in [0.15, 0.2) is 48.5 Å². The molecule has 1 fully saturated rings. The first-order valence-electron chi connectivity index (χ1n) is 8.17. The lowest BCUT2D eigenvalue weighted by atomic mass is 9.79. The highest BCUT2D eigenvalue weighted by Gasteiger charge is 2.51. The highest BCUT2D eigenvalue weighted by atomic mass is 16.7. The Morgan fingerprint density at radius 2 is 1.25 bits per heavy atom. The van der Waals surface area contributed by atoms with Crippen molar-refractivity contribution >= 4 is 24.0 Å². The molecule has 0 radical (unpaired) electrons. The second-order valence-corrected chi connectivity index (χ2v) is 7.06. The molecule has 24 heavy (non-hydrogen) atoms. The first-order chi connectivity index (χ1) is 11.3. The summed E-state index contributed by atoms with van der Waals surface area (Å²) in [7, 11) is 1.33. The summed E-state index contributed by atoms with van der Waals surface area (Å²) >= 11 is 0.